The fourth-order valence-electron chi connectivity index (χ4n) is 6.03. The number of fused-ring (bicyclic) bond motifs is 3. The summed E-state index contributed by atoms with van der Waals surface area (Å²) in [5.41, 5.74) is 2.25. The van der Waals surface area contributed by atoms with Gasteiger partial charge in [0.25, 0.3) is 5.91 Å². The van der Waals surface area contributed by atoms with Crippen LogP contribution in [-0.4, -0.2) is 47.7 Å². The number of hydrogen-bond acceptors (Lipinski definition) is 5. The van der Waals surface area contributed by atoms with E-state index in [1.807, 2.05) is 50.5 Å². The summed E-state index contributed by atoms with van der Waals surface area (Å²) in [6.07, 6.45) is 1.97. The quantitative estimate of drug-likeness (QED) is 0.336. The zero-order valence-corrected chi connectivity index (χ0v) is 21.1. The molecule has 0 saturated carbocycles. The SMILES string of the molecule is C[C@H]1[C@H]([Si](C)(C)O)[C@@H](CCO)O[C@]12C(=O)Nc1ccc(NC(=O)Cc3c[nH]c4ccccc34)cc12. The molecule has 3 aromatic rings. The van der Waals surface area contributed by atoms with Crippen molar-refractivity contribution in [3.05, 3.63) is 59.8 Å². The van der Waals surface area contributed by atoms with Crippen LogP contribution in [0.3, 0.4) is 0 Å². The molecule has 2 amide bonds. The number of hydrogen-bond donors (Lipinski definition) is 5. The summed E-state index contributed by atoms with van der Waals surface area (Å²) < 4.78 is 6.42. The lowest BCUT2D eigenvalue weighted by Crippen LogP contribution is -2.43. The Morgan fingerprint density at radius 3 is 2.74 bits per heavy atom. The Bertz CT molecular complexity index is 1300. The molecule has 1 fully saturated rings. The van der Waals surface area contributed by atoms with E-state index in [0.717, 1.165) is 16.5 Å². The van der Waals surface area contributed by atoms with Crippen LogP contribution in [0, 0.1) is 5.92 Å². The number of nitrogens with one attached hydrogen (secondary N) is 3. The lowest BCUT2D eigenvalue weighted by Gasteiger charge is -2.32. The third kappa shape index (κ3) is 3.88. The van der Waals surface area contributed by atoms with Gasteiger partial charge in [-0.2, -0.15) is 0 Å². The van der Waals surface area contributed by atoms with E-state index in [1.54, 1.807) is 18.2 Å². The summed E-state index contributed by atoms with van der Waals surface area (Å²) in [5.74, 6) is -0.739. The Morgan fingerprint density at radius 1 is 1.23 bits per heavy atom. The second-order valence-corrected chi connectivity index (χ2v) is 14.1. The fraction of sp³-hybridized carbons (Fsp3) is 0.385. The predicted octanol–water partition coefficient (Wildman–Crippen LogP) is 3.48. The average molecular weight is 494 g/mol. The Hall–Kier alpha value is -2.98. The van der Waals surface area contributed by atoms with Gasteiger partial charge in [0.15, 0.2) is 13.9 Å². The van der Waals surface area contributed by atoms with E-state index >= 15 is 0 Å². The summed E-state index contributed by atoms with van der Waals surface area (Å²) in [6.45, 7) is 5.53. The van der Waals surface area contributed by atoms with Crippen molar-refractivity contribution >= 4 is 42.4 Å². The molecule has 5 rings (SSSR count). The number of rotatable bonds is 6. The van der Waals surface area contributed by atoms with Crippen LogP contribution in [-0.2, 0) is 26.3 Å². The molecule has 2 aliphatic rings. The maximum absolute atomic E-state index is 13.3. The van der Waals surface area contributed by atoms with Gasteiger partial charge in [0.2, 0.25) is 5.91 Å². The maximum atomic E-state index is 13.3. The van der Waals surface area contributed by atoms with Crippen LogP contribution < -0.4 is 10.6 Å². The van der Waals surface area contributed by atoms with E-state index in [2.05, 4.69) is 15.6 Å². The summed E-state index contributed by atoms with van der Waals surface area (Å²) >= 11 is 0. The molecular weight excluding hydrogens is 462 g/mol. The number of carbonyl (C=O) groups excluding carboxylic acids is 2. The smallest absolute Gasteiger partial charge is 0.261 e. The highest BCUT2D eigenvalue weighted by Gasteiger charge is 2.64. The first kappa shape index (κ1) is 23.7. The molecule has 35 heavy (non-hydrogen) atoms. The van der Waals surface area contributed by atoms with Crippen molar-refractivity contribution in [1.29, 1.82) is 0 Å². The Morgan fingerprint density at radius 2 is 2.00 bits per heavy atom. The molecule has 9 heteroatoms. The average Bonchev–Trinajstić information content (AvgIpc) is 3.42. The molecule has 0 radical (unpaired) electrons. The third-order valence-corrected chi connectivity index (χ3v) is 9.97. The molecule has 1 saturated heterocycles. The van der Waals surface area contributed by atoms with Gasteiger partial charge in [0.05, 0.1) is 12.5 Å². The van der Waals surface area contributed by atoms with Crippen LogP contribution in [0.5, 0.6) is 0 Å². The van der Waals surface area contributed by atoms with Gasteiger partial charge in [-0.25, -0.2) is 0 Å². The number of H-pyrrole nitrogens is 1. The van der Waals surface area contributed by atoms with Gasteiger partial charge in [-0.15, -0.1) is 0 Å². The van der Waals surface area contributed by atoms with Crippen LogP contribution in [0.15, 0.2) is 48.7 Å². The molecule has 3 heterocycles. The van der Waals surface area contributed by atoms with Gasteiger partial charge in [-0.05, 0) is 49.3 Å². The minimum Gasteiger partial charge on any atom is -0.432 e. The molecular formula is C26H31N3O5Si. The zero-order valence-electron chi connectivity index (χ0n) is 20.1. The lowest BCUT2D eigenvalue weighted by molar-refractivity contribution is -0.143. The Labute approximate surface area is 204 Å². The number of anilines is 2. The summed E-state index contributed by atoms with van der Waals surface area (Å²) in [6, 6.07) is 13.2. The van der Waals surface area contributed by atoms with Gasteiger partial charge in [0, 0.05) is 52.1 Å². The van der Waals surface area contributed by atoms with Crippen LogP contribution in [0.1, 0.15) is 24.5 Å². The number of aliphatic hydroxyl groups is 1. The van der Waals surface area contributed by atoms with Crippen LogP contribution in [0.2, 0.25) is 18.6 Å². The van der Waals surface area contributed by atoms with Crippen molar-refractivity contribution in [3.63, 3.8) is 0 Å². The molecule has 4 atom stereocenters. The van der Waals surface area contributed by atoms with Gasteiger partial charge < -0.3 is 30.3 Å². The molecule has 1 aromatic heterocycles. The second kappa shape index (κ2) is 8.60. The van der Waals surface area contributed by atoms with E-state index in [4.69, 9.17) is 4.74 Å². The van der Waals surface area contributed by atoms with Gasteiger partial charge in [-0.1, -0.05) is 25.1 Å². The molecule has 5 N–H and O–H groups in total. The summed E-state index contributed by atoms with van der Waals surface area (Å²) in [7, 11) is -2.72. The highest BCUT2D eigenvalue weighted by Crippen LogP contribution is 2.58. The van der Waals surface area contributed by atoms with E-state index in [1.165, 1.54) is 0 Å². The minimum absolute atomic E-state index is 0.0904. The largest absolute Gasteiger partial charge is 0.432 e. The number of para-hydroxylation sites is 1. The first-order chi connectivity index (χ1) is 16.6. The van der Waals surface area contributed by atoms with Crippen LogP contribution in [0.25, 0.3) is 10.9 Å². The molecule has 2 aromatic carbocycles. The van der Waals surface area contributed by atoms with Gasteiger partial charge >= 0.3 is 0 Å². The number of ether oxygens (including phenoxy) is 1. The lowest BCUT2D eigenvalue weighted by atomic mass is 9.82. The number of aromatic amines is 1. The molecule has 8 nitrogen and oxygen atoms in total. The van der Waals surface area contributed by atoms with Crippen molar-refractivity contribution in [2.45, 2.75) is 50.1 Å². The molecule has 0 aliphatic carbocycles. The van der Waals surface area contributed by atoms with Crippen molar-refractivity contribution in [1.82, 2.24) is 4.98 Å². The first-order valence-electron chi connectivity index (χ1n) is 12.0. The monoisotopic (exact) mass is 493 g/mol. The molecule has 0 bridgehead atoms. The van der Waals surface area contributed by atoms with E-state index in [-0.39, 0.29) is 36.3 Å². The summed E-state index contributed by atoms with van der Waals surface area (Å²) in [4.78, 5) is 40.4. The number of aromatic nitrogens is 1. The van der Waals surface area contributed by atoms with Gasteiger partial charge in [0.1, 0.15) is 0 Å². The standard InChI is InChI=1S/C26H31N3O5Si/c1-15-24(35(2,3)33)22(10-11-30)34-26(15)19-13-17(8-9-21(19)29-25(26)32)28-23(31)12-16-14-27-20-7-5-4-6-18(16)20/h4-9,13-15,22,24,27,30,33H,10-12H2,1-3H3,(H,28,31)(H,29,32)/t15-,22+,24-,26+/m0/s1. The zero-order chi connectivity index (χ0) is 25.0. The Balaban J connectivity index is 1.43. The number of aliphatic hydroxyl groups excluding tert-OH is 1. The highest BCUT2D eigenvalue weighted by molar-refractivity contribution is 6.71. The van der Waals surface area contributed by atoms with Crippen molar-refractivity contribution in [2.75, 3.05) is 17.2 Å². The number of carbonyl (C=O) groups is 2. The third-order valence-electron chi connectivity index (χ3n) is 7.46. The fourth-order valence-corrected chi connectivity index (χ4v) is 8.63. The minimum atomic E-state index is -2.72. The van der Waals surface area contributed by atoms with E-state index in [9.17, 15) is 19.5 Å². The maximum Gasteiger partial charge on any atom is 0.261 e. The van der Waals surface area contributed by atoms with Crippen LogP contribution >= 0.6 is 0 Å². The van der Waals surface area contributed by atoms with Crippen molar-refractivity contribution in [3.8, 4) is 0 Å². The van der Waals surface area contributed by atoms with Crippen molar-refractivity contribution < 1.29 is 24.2 Å². The molecule has 184 valence electrons. The van der Waals surface area contributed by atoms with Crippen LogP contribution in [0.4, 0.5) is 11.4 Å². The van der Waals surface area contributed by atoms with E-state index in [0.29, 0.717) is 23.4 Å². The van der Waals surface area contributed by atoms with E-state index < -0.39 is 20.0 Å². The number of amides is 2. The first-order valence-corrected chi connectivity index (χ1v) is 15.0. The highest BCUT2D eigenvalue weighted by atomic mass is 28.4. The Kier molecular flexibility index (Phi) is 5.83. The summed E-state index contributed by atoms with van der Waals surface area (Å²) in [5, 5.41) is 16.5. The van der Waals surface area contributed by atoms with Gasteiger partial charge in [-0.3, -0.25) is 9.59 Å². The second-order valence-electron chi connectivity index (χ2n) is 10.2. The predicted molar refractivity (Wildman–Crippen MR) is 137 cm³/mol. The van der Waals surface area contributed by atoms with Crippen molar-refractivity contribution in [2.24, 2.45) is 5.92 Å². The molecule has 2 aliphatic heterocycles. The molecule has 0 unspecified atom stereocenters. The topological polar surface area (TPSA) is 124 Å². The normalized spacial score (nSPS) is 25.7. The molecule has 1 spiro atoms. The number of benzene rings is 2.